The molecule has 0 saturated heterocycles. The van der Waals surface area contributed by atoms with E-state index >= 15 is 0 Å². The molecule has 9 heteroatoms. The van der Waals surface area contributed by atoms with Gasteiger partial charge in [0, 0.05) is 16.8 Å². The Morgan fingerprint density at radius 1 is 1.00 bits per heavy atom. The van der Waals surface area contributed by atoms with E-state index < -0.39 is 6.36 Å². The Morgan fingerprint density at radius 3 is 2.43 bits per heavy atom. The van der Waals surface area contributed by atoms with Crippen molar-refractivity contribution in [1.29, 1.82) is 0 Å². The fraction of sp³-hybridized carbons (Fsp3) is 0.231. The maximum atomic E-state index is 13.0. The van der Waals surface area contributed by atoms with Gasteiger partial charge >= 0.3 is 12.3 Å². The molecule has 0 saturated carbocycles. The summed E-state index contributed by atoms with van der Waals surface area (Å²) in [5.41, 5.74) is 3.26. The van der Waals surface area contributed by atoms with E-state index in [1.165, 1.54) is 29.2 Å². The molecule has 182 valence electrons. The maximum Gasteiger partial charge on any atom is 0.573 e. The highest BCUT2D eigenvalue weighted by molar-refractivity contribution is 6.10. The average Bonchev–Trinajstić information content (AvgIpc) is 3.15. The minimum atomic E-state index is -4.79. The van der Waals surface area contributed by atoms with Crippen LogP contribution < -0.4 is 14.4 Å². The van der Waals surface area contributed by atoms with Gasteiger partial charge in [-0.25, -0.2) is 0 Å². The third-order valence-corrected chi connectivity index (χ3v) is 5.35. The third-order valence-electron chi connectivity index (χ3n) is 5.35. The van der Waals surface area contributed by atoms with Crippen LogP contribution >= 0.6 is 0 Å². The van der Waals surface area contributed by atoms with Crippen molar-refractivity contribution in [2.45, 2.75) is 32.9 Å². The van der Waals surface area contributed by atoms with E-state index in [2.05, 4.69) is 4.74 Å². The zero-order valence-corrected chi connectivity index (χ0v) is 18.8. The fourth-order valence-electron chi connectivity index (χ4n) is 3.85. The number of nitrogens with zero attached hydrogens (tertiary/aromatic N) is 1. The molecular formula is C26H22F3NO5. The zero-order valence-electron chi connectivity index (χ0n) is 18.8. The van der Waals surface area contributed by atoms with E-state index in [0.29, 0.717) is 29.2 Å². The summed E-state index contributed by atoms with van der Waals surface area (Å²) in [6.07, 6.45) is -4.62. The van der Waals surface area contributed by atoms with Gasteiger partial charge in [-0.3, -0.25) is 9.59 Å². The van der Waals surface area contributed by atoms with E-state index in [0.717, 1.165) is 11.1 Å². The zero-order chi connectivity index (χ0) is 25.0. The number of ether oxygens (including phenoxy) is 3. The molecule has 0 fully saturated rings. The molecule has 0 bridgehead atoms. The third kappa shape index (κ3) is 5.92. The maximum absolute atomic E-state index is 13.0. The second kappa shape index (κ2) is 10.1. The summed E-state index contributed by atoms with van der Waals surface area (Å²) in [5, 5.41) is 0. The highest BCUT2D eigenvalue weighted by Crippen LogP contribution is 2.35. The summed E-state index contributed by atoms with van der Waals surface area (Å²) in [6.45, 7) is 2.52. The summed E-state index contributed by atoms with van der Waals surface area (Å²) in [4.78, 5) is 26.2. The van der Waals surface area contributed by atoms with Crippen LogP contribution in [0.15, 0.2) is 66.7 Å². The predicted octanol–water partition coefficient (Wildman–Crippen LogP) is 5.43. The van der Waals surface area contributed by atoms with Gasteiger partial charge < -0.3 is 19.1 Å². The van der Waals surface area contributed by atoms with E-state index in [1.54, 1.807) is 25.1 Å². The number of amides is 1. The Bertz CT molecular complexity index is 1220. The molecule has 0 unspecified atom stereocenters. The SMILES string of the molecule is CCOC(=O)Cc1cccc(COc2cccc3c2CN(c2ccc(OC(F)(F)F)cc2)C3=O)c1. The van der Waals surface area contributed by atoms with E-state index in [4.69, 9.17) is 9.47 Å². The smallest absolute Gasteiger partial charge is 0.489 e. The first-order valence-electron chi connectivity index (χ1n) is 10.9. The van der Waals surface area contributed by atoms with Gasteiger partial charge in [0.05, 0.1) is 19.6 Å². The van der Waals surface area contributed by atoms with Crippen molar-refractivity contribution < 1.29 is 37.0 Å². The van der Waals surface area contributed by atoms with Gasteiger partial charge in [0.15, 0.2) is 0 Å². The molecule has 0 aliphatic carbocycles. The van der Waals surface area contributed by atoms with E-state index in [1.807, 2.05) is 24.3 Å². The van der Waals surface area contributed by atoms with Gasteiger partial charge in [-0.05, 0) is 54.4 Å². The van der Waals surface area contributed by atoms with Crippen molar-refractivity contribution in [1.82, 2.24) is 0 Å². The molecule has 1 aliphatic rings. The number of anilines is 1. The Kier molecular flexibility index (Phi) is 6.95. The molecule has 0 atom stereocenters. The van der Waals surface area contributed by atoms with Crippen molar-refractivity contribution in [2.75, 3.05) is 11.5 Å². The Labute approximate surface area is 199 Å². The number of alkyl halides is 3. The largest absolute Gasteiger partial charge is 0.573 e. The first-order valence-corrected chi connectivity index (χ1v) is 10.9. The lowest BCUT2D eigenvalue weighted by Crippen LogP contribution is -2.23. The van der Waals surface area contributed by atoms with Crippen molar-refractivity contribution in [3.05, 3.63) is 89.0 Å². The molecule has 0 N–H and O–H groups in total. The molecule has 0 radical (unpaired) electrons. The first kappa shape index (κ1) is 24.1. The standard InChI is InChI=1S/C26H22F3NO5/c1-2-33-24(31)14-17-5-3-6-18(13-17)16-34-23-8-4-7-21-22(23)15-30(25(21)32)19-9-11-20(12-10-19)35-26(27,28)29/h3-13H,2,14-16H2,1H3. The molecule has 6 nitrogen and oxygen atoms in total. The minimum Gasteiger partial charge on any atom is -0.489 e. The summed E-state index contributed by atoms with van der Waals surface area (Å²) >= 11 is 0. The highest BCUT2D eigenvalue weighted by atomic mass is 19.4. The number of esters is 1. The summed E-state index contributed by atoms with van der Waals surface area (Å²) < 4.78 is 52.1. The summed E-state index contributed by atoms with van der Waals surface area (Å²) in [6, 6.07) is 17.7. The van der Waals surface area contributed by atoms with Crippen molar-refractivity contribution in [3.8, 4) is 11.5 Å². The van der Waals surface area contributed by atoms with Gasteiger partial charge in [-0.1, -0.05) is 30.3 Å². The van der Waals surface area contributed by atoms with E-state index in [-0.39, 0.29) is 37.2 Å². The topological polar surface area (TPSA) is 65.1 Å². The molecule has 0 spiro atoms. The molecule has 3 aromatic rings. The molecule has 1 amide bonds. The van der Waals surface area contributed by atoms with Gasteiger partial charge in [0.1, 0.15) is 18.1 Å². The number of benzene rings is 3. The van der Waals surface area contributed by atoms with Crippen LogP contribution in [0.25, 0.3) is 0 Å². The van der Waals surface area contributed by atoms with Gasteiger partial charge in [-0.2, -0.15) is 0 Å². The number of rotatable bonds is 8. The average molecular weight is 485 g/mol. The predicted molar refractivity (Wildman–Crippen MR) is 121 cm³/mol. The van der Waals surface area contributed by atoms with Crippen LogP contribution in [0.2, 0.25) is 0 Å². The summed E-state index contributed by atoms with van der Waals surface area (Å²) in [5.74, 6) is -0.403. The van der Waals surface area contributed by atoms with E-state index in [9.17, 15) is 22.8 Å². The molecular weight excluding hydrogens is 463 g/mol. The molecule has 1 heterocycles. The lowest BCUT2D eigenvalue weighted by molar-refractivity contribution is -0.274. The number of fused-ring (bicyclic) bond motifs is 1. The van der Waals surface area contributed by atoms with Crippen LogP contribution in [0, 0.1) is 0 Å². The molecule has 3 aromatic carbocycles. The van der Waals surface area contributed by atoms with Crippen LogP contribution in [-0.4, -0.2) is 24.8 Å². The van der Waals surface area contributed by atoms with Crippen molar-refractivity contribution in [3.63, 3.8) is 0 Å². The number of carbonyl (C=O) groups excluding carboxylic acids is 2. The second-order valence-electron chi connectivity index (χ2n) is 7.81. The molecule has 4 rings (SSSR count). The van der Waals surface area contributed by atoms with Crippen LogP contribution in [-0.2, 0) is 29.1 Å². The van der Waals surface area contributed by atoms with Crippen LogP contribution in [0.5, 0.6) is 11.5 Å². The Balaban J connectivity index is 1.46. The Morgan fingerprint density at radius 2 is 1.71 bits per heavy atom. The van der Waals surface area contributed by atoms with Gasteiger partial charge in [0.25, 0.3) is 5.91 Å². The fourth-order valence-corrected chi connectivity index (χ4v) is 3.85. The normalized spacial score (nSPS) is 12.9. The molecule has 1 aliphatic heterocycles. The lowest BCUT2D eigenvalue weighted by atomic mass is 10.1. The second-order valence-corrected chi connectivity index (χ2v) is 7.81. The minimum absolute atomic E-state index is 0.165. The molecule has 0 aromatic heterocycles. The summed E-state index contributed by atoms with van der Waals surface area (Å²) in [7, 11) is 0. The molecule has 35 heavy (non-hydrogen) atoms. The van der Waals surface area contributed by atoms with Crippen LogP contribution in [0.1, 0.15) is 34.0 Å². The lowest BCUT2D eigenvalue weighted by Gasteiger charge is -2.17. The first-order chi connectivity index (χ1) is 16.7. The van der Waals surface area contributed by atoms with Crippen LogP contribution in [0.4, 0.5) is 18.9 Å². The van der Waals surface area contributed by atoms with Gasteiger partial charge in [-0.15, -0.1) is 13.2 Å². The quantitative estimate of drug-likeness (QED) is 0.398. The van der Waals surface area contributed by atoms with Crippen molar-refractivity contribution in [2.24, 2.45) is 0 Å². The van der Waals surface area contributed by atoms with Crippen LogP contribution in [0.3, 0.4) is 0 Å². The number of hydrogen-bond acceptors (Lipinski definition) is 5. The highest BCUT2D eigenvalue weighted by Gasteiger charge is 2.33. The van der Waals surface area contributed by atoms with Gasteiger partial charge in [0.2, 0.25) is 0 Å². The van der Waals surface area contributed by atoms with Crippen molar-refractivity contribution >= 4 is 17.6 Å². The number of halogens is 3. The number of hydrogen-bond donors (Lipinski definition) is 0. The Hall–Kier alpha value is -4.01. The monoisotopic (exact) mass is 485 g/mol. The number of carbonyl (C=O) groups is 2.